The Bertz CT molecular complexity index is 442. The van der Waals surface area contributed by atoms with Crippen LogP contribution in [0, 0.1) is 34.5 Å². The average molecular weight is 308 g/mol. The summed E-state index contributed by atoms with van der Waals surface area (Å²) < 4.78 is 0. The summed E-state index contributed by atoms with van der Waals surface area (Å²) in [5, 5.41) is 31.1. The molecular weight excluding hydrogens is 276 g/mol. The van der Waals surface area contributed by atoms with Crippen molar-refractivity contribution in [1.82, 2.24) is 0 Å². The van der Waals surface area contributed by atoms with Crippen LogP contribution in [-0.2, 0) is 0 Å². The predicted molar refractivity (Wildman–Crippen MR) is 84.7 cm³/mol. The summed E-state index contributed by atoms with van der Waals surface area (Å²) in [6, 6.07) is 0. The molecule has 4 rings (SSSR count). The van der Waals surface area contributed by atoms with Crippen LogP contribution < -0.4 is 0 Å². The zero-order valence-electron chi connectivity index (χ0n) is 13.9. The van der Waals surface area contributed by atoms with Crippen LogP contribution in [0.1, 0.15) is 77.6 Å². The third kappa shape index (κ3) is 1.91. The molecule has 0 aliphatic heterocycles. The predicted octanol–water partition coefficient (Wildman–Crippen LogP) is 3.42. The maximum Gasteiger partial charge on any atom is 0.281 e. The Hall–Kier alpha value is -0.120. The Morgan fingerprint density at radius 3 is 2.36 bits per heavy atom. The van der Waals surface area contributed by atoms with Crippen LogP contribution in [0.3, 0.4) is 0 Å². The number of fused-ring (bicyclic) bond motifs is 5. The highest BCUT2D eigenvalue weighted by atomic mass is 16.7. The number of hydrogen-bond acceptors (Lipinski definition) is 3. The van der Waals surface area contributed by atoms with Crippen LogP contribution in [0.2, 0.25) is 0 Å². The lowest BCUT2D eigenvalue weighted by atomic mass is 9.44. The van der Waals surface area contributed by atoms with Crippen molar-refractivity contribution in [2.24, 2.45) is 34.5 Å². The lowest BCUT2D eigenvalue weighted by Gasteiger charge is -2.62. The van der Waals surface area contributed by atoms with Crippen LogP contribution >= 0.6 is 0 Å². The molecule has 22 heavy (non-hydrogen) atoms. The number of aliphatic hydroxyl groups is 3. The molecule has 126 valence electrons. The fourth-order valence-electron chi connectivity index (χ4n) is 7.57. The van der Waals surface area contributed by atoms with E-state index in [-0.39, 0.29) is 0 Å². The first-order chi connectivity index (χ1) is 10.4. The number of rotatable bonds is 1. The maximum atomic E-state index is 10.4. The van der Waals surface area contributed by atoms with Gasteiger partial charge >= 0.3 is 0 Å². The fourth-order valence-corrected chi connectivity index (χ4v) is 7.57. The highest BCUT2D eigenvalue weighted by Crippen LogP contribution is 2.68. The molecule has 0 saturated heterocycles. The Morgan fingerprint density at radius 1 is 0.773 bits per heavy atom. The van der Waals surface area contributed by atoms with E-state index in [0.29, 0.717) is 23.2 Å². The fraction of sp³-hybridized carbons (Fsp3) is 1.00. The van der Waals surface area contributed by atoms with Crippen LogP contribution in [-0.4, -0.2) is 21.3 Å². The van der Waals surface area contributed by atoms with Crippen LogP contribution in [0.15, 0.2) is 0 Å². The molecule has 0 aromatic carbocycles. The molecule has 3 N–H and O–H groups in total. The summed E-state index contributed by atoms with van der Waals surface area (Å²) in [7, 11) is 0. The standard InChI is InChI=1S/C19H32O3/c1-17-10-4-6-15(17)14-8-7-13-5-2-3-11-18(13,19(20,21)22)16(14)9-12-17/h13-16,20-22H,2-12H2,1H3/t13?,14-,15-,16+,17-,18+/m0/s1. The molecule has 4 saturated carbocycles. The zero-order chi connectivity index (χ0) is 15.6. The third-order valence-electron chi connectivity index (χ3n) is 8.47. The first-order valence-corrected chi connectivity index (χ1v) is 9.56. The minimum atomic E-state index is -2.49. The van der Waals surface area contributed by atoms with Gasteiger partial charge in [0.15, 0.2) is 0 Å². The minimum Gasteiger partial charge on any atom is -0.343 e. The second kappa shape index (κ2) is 4.94. The normalized spacial score (nSPS) is 51.8. The lowest BCUT2D eigenvalue weighted by molar-refractivity contribution is -0.414. The van der Waals surface area contributed by atoms with E-state index in [1.165, 1.54) is 38.5 Å². The summed E-state index contributed by atoms with van der Waals surface area (Å²) >= 11 is 0. The largest absolute Gasteiger partial charge is 0.343 e. The monoisotopic (exact) mass is 308 g/mol. The molecule has 3 heteroatoms. The summed E-state index contributed by atoms with van der Waals surface area (Å²) in [6.45, 7) is 2.46. The molecule has 3 nitrogen and oxygen atoms in total. The van der Waals surface area contributed by atoms with Gasteiger partial charge in [-0.2, -0.15) is 0 Å². The van der Waals surface area contributed by atoms with Crippen LogP contribution in [0.4, 0.5) is 0 Å². The highest BCUT2D eigenvalue weighted by Gasteiger charge is 2.65. The molecule has 4 aliphatic carbocycles. The van der Waals surface area contributed by atoms with E-state index >= 15 is 0 Å². The minimum absolute atomic E-state index is 0.299. The molecular formula is C19H32O3. The lowest BCUT2D eigenvalue weighted by Crippen LogP contribution is -2.63. The van der Waals surface area contributed by atoms with Gasteiger partial charge in [-0.3, -0.25) is 0 Å². The second-order valence-corrected chi connectivity index (χ2v) is 9.16. The number of hydrogen-bond donors (Lipinski definition) is 3. The van der Waals surface area contributed by atoms with Crippen molar-refractivity contribution in [2.45, 2.75) is 83.5 Å². The molecule has 4 fully saturated rings. The van der Waals surface area contributed by atoms with E-state index in [1.807, 2.05) is 0 Å². The maximum absolute atomic E-state index is 10.4. The van der Waals surface area contributed by atoms with Gasteiger partial charge in [0.25, 0.3) is 5.97 Å². The first-order valence-electron chi connectivity index (χ1n) is 9.56. The smallest absolute Gasteiger partial charge is 0.281 e. The van der Waals surface area contributed by atoms with Gasteiger partial charge in [0.1, 0.15) is 0 Å². The van der Waals surface area contributed by atoms with Crippen molar-refractivity contribution in [1.29, 1.82) is 0 Å². The molecule has 0 amide bonds. The molecule has 6 atom stereocenters. The Kier molecular flexibility index (Phi) is 3.46. The van der Waals surface area contributed by atoms with E-state index in [0.717, 1.165) is 38.0 Å². The van der Waals surface area contributed by atoms with Crippen molar-refractivity contribution in [3.05, 3.63) is 0 Å². The van der Waals surface area contributed by atoms with E-state index < -0.39 is 11.4 Å². The molecule has 4 aliphatic rings. The van der Waals surface area contributed by atoms with Crippen molar-refractivity contribution in [3.8, 4) is 0 Å². The molecule has 1 unspecified atom stereocenters. The van der Waals surface area contributed by atoms with Crippen molar-refractivity contribution < 1.29 is 15.3 Å². The van der Waals surface area contributed by atoms with E-state index in [4.69, 9.17) is 0 Å². The molecule has 0 aromatic rings. The van der Waals surface area contributed by atoms with Gasteiger partial charge in [0.05, 0.1) is 5.41 Å². The van der Waals surface area contributed by atoms with Crippen LogP contribution in [0.5, 0.6) is 0 Å². The first kappa shape index (κ1) is 15.4. The Morgan fingerprint density at radius 2 is 1.59 bits per heavy atom. The average Bonchev–Trinajstić information content (AvgIpc) is 2.87. The summed E-state index contributed by atoms with van der Waals surface area (Å²) in [5.41, 5.74) is -0.176. The summed E-state index contributed by atoms with van der Waals surface area (Å²) in [5.74, 6) is -0.543. The molecule has 0 radical (unpaired) electrons. The van der Waals surface area contributed by atoms with Gasteiger partial charge in [-0.25, -0.2) is 0 Å². The quantitative estimate of drug-likeness (QED) is 0.651. The molecule has 0 aromatic heterocycles. The van der Waals surface area contributed by atoms with Gasteiger partial charge in [0, 0.05) is 0 Å². The second-order valence-electron chi connectivity index (χ2n) is 9.16. The zero-order valence-corrected chi connectivity index (χ0v) is 13.9. The van der Waals surface area contributed by atoms with E-state index in [2.05, 4.69) is 6.92 Å². The van der Waals surface area contributed by atoms with Crippen molar-refractivity contribution in [3.63, 3.8) is 0 Å². The van der Waals surface area contributed by atoms with Gasteiger partial charge in [-0.05, 0) is 80.5 Å². The van der Waals surface area contributed by atoms with Gasteiger partial charge in [0.2, 0.25) is 0 Å². The molecule has 0 bridgehead atoms. The van der Waals surface area contributed by atoms with Crippen LogP contribution in [0.25, 0.3) is 0 Å². The van der Waals surface area contributed by atoms with Gasteiger partial charge in [-0.1, -0.05) is 26.2 Å². The Labute approximate surface area is 134 Å². The Balaban J connectivity index is 1.73. The van der Waals surface area contributed by atoms with Gasteiger partial charge < -0.3 is 15.3 Å². The molecule has 0 heterocycles. The van der Waals surface area contributed by atoms with Crippen molar-refractivity contribution >= 4 is 0 Å². The summed E-state index contributed by atoms with van der Waals surface area (Å²) in [6.07, 6.45) is 12.7. The third-order valence-corrected chi connectivity index (χ3v) is 8.47. The SMILES string of the molecule is C[C@@]12CCC[C@H]1[C@@H]1CCC3CCCC[C@]3(C(O)(O)O)[C@@H]1CC2. The van der Waals surface area contributed by atoms with E-state index in [9.17, 15) is 15.3 Å². The topological polar surface area (TPSA) is 60.7 Å². The van der Waals surface area contributed by atoms with Crippen molar-refractivity contribution in [2.75, 3.05) is 0 Å². The van der Waals surface area contributed by atoms with E-state index in [1.54, 1.807) is 0 Å². The molecule has 0 spiro atoms. The highest BCUT2D eigenvalue weighted by molar-refractivity contribution is 5.09. The van der Waals surface area contributed by atoms with Gasteiger partial charge in [-0.15, -0.1) is 0 Å². The summed E-state index contributed by atoms with van der Waals surface area (Å²) in [4.78, 5) is 0.